The summed E-state index contributed by atoms with van der Waals surface area (Å²) in [5.74, 6) is -0.0128. The van der Waals surface area contributed by atoms with E-state index in [4.69, 9.17) is 4.74 Å². The minimum absolute atomic E-state index is 0.0452. The van der Waals surface area contributed by atoms with Gasteiger partial charge in [0.2, 0.25) is 11.8 Å². The molecular weight excluding hydrogens is 244 g/mol. The number of amides is 2. The summed E-state index contributed by atoms with van der Waals surface area (Å²) in [5, 5.41) is 2.83. The fraction of sp³-hybridized carbons (Fsp3) is 0.857. The van der Waals surface area contributed by atoms with Gasteiger partial charge in [-0.25, -0.2) is 0 Å². The molecule has 1 aliphatic heterocycles. The number of unbranched alkanes of at least 4 members (excludes halogenated alkanes) is 1. The molecule has 0 spiro atoms. The number of piperazine rings is 1. The van der Waals surface area contributed by atoms with Crippen LogP contribution < -0.4 is 5.32 Å². The lowest BCUT2D eigenvalue weighted by Gasteiger charge is -2.44. The summed E-state index contributed by atoms with van der Waals surface area (Å²) < 4.78 is 5.01. The van der Waals surface area contributed by atoms with E-state index >= 15 is 0 Å². The lowest BCUT2D eigenvalue weighted by Crippen LogP contribution is -2.68. The maximum absolute atomic E-state index is 12.4. The Morgan fingerprint density at radius 3 is 2.58 bits per heavy atom. The number of methoxy groups -OCH3 is 1. The third-order valence-corrected chi connectivity index (χ3v) is 3.66. The molecule has 0 aromatic rings. The Bertz CT molecular complexity index is 329. The maximum atomic E-state index is 12.4. The molecule has 1 heterocycles. The highest BCUT2D eigenvalue weighted by Gasteiger charge is 2.45. The van der Waals surface area contributed by atoms with Crippen molar-refractivity contribution in [2.75, 3.05) is 20.3 Å². The zero-order chi connectivity index (χ0) is 14.5. The standard InChI is InChI=1S/C14H26N2O3/c1-5-8-11-12(17)16(9-6-7-10-19-4)14(2,3)13(18)15-11/h11H,5-10H2,1-4H3,(H,15,18). The molecular formula is C14H26N2O3. The molecule has 1 unspecified atom stereocenters. The van der Waals surface area contributed by atoms with Gasteiger partial charge in [0.25, 0.3) is 0 Å². The van der Waals surface area contributed by atoms with Gasteiger partial charge >= 0.3 is 0 Å². The molecule has 0 saturated carbocycles. The van der Waals surface area contributed by atoms with Crippen LogP contribution in [-0.2, 0) is 14.3 Å². The third kappa shape index (κ3) is 3.69. The van der Waals surface area contributed by atoms with Crippen molar-refractivity contribution < 1.29 is 14.3 Å². The van der Waals surface area contributed by atoms with Crippen LogP contribution in [0.3, 0.4) is 0 Å². The Labute approximate surface area is 115 Å². The number of hydrogen-bond donors (Lipinski definition) is 1. The van der Waals surface area contributed by atoms with Crippen LogP contribution in [0.5, 0.6) is 0 Å². The lowest BCUT2D eigenvalue weighted by atomic mass is 9.93. The quantitative estimate of drug-likeness (QED) is 0.710. The fourth-order valence-corrected chi connectivity index (χ4v) is 2.37. The summed E-state index contributed by atoms with van der Waals surface area (Å²) in [4.78, 5) is 26.3. The molecule has 1 atom stereocenters. The van der Waals surface area contributed by atoms with Gasteiger partial charge in [0.15, 0.2) is 0 Å². The number of nitrogens with zero attached hydrogens (tertiary/aromatic N) is 1. The van der Waals surface area contributed by atoms with E-state index in [-0.39, 0.29) is 17.9 Å². The van der Waals surface area contributed by atoms with Crippen molar-refractivity contribution in [3.63, 3.8) is 0 Å². The average molecular weight is 270 g/mol. The van der Waals surface area contributed by atoms with Crippen LogP contribution in [0.4, 0.5) is 0 Å². The first-order valence-corrected chi connectivity index (χ1v) is 7.06. The second-order valence-electron chi connectivity index (χ2n) is 5.56. The summed E-state index contributed by atoms with van der Waals surface area (Å²) in [6.07, 6.45) is 3.34. The summed E-state index contributed by atoms with van der Waals surface area (Å²) in [6, 6.07) is -0.354. The summed E-state index contributed by atoms with van der Waals surface area (Å²) in [5.41, 5.74) is -0.756. The molecule has 1 rings (SSSR count). The first-order chi connectivity index (χ1) is 8.95. The number of hydrogen-bond acceptors (Lipinski definition) is 3. The fourth-order valence-electron chi connectivity index (χ4n) is 2.37. The van der Waals surface area contributed by atoms with Crippen LogP contribution in [0.2, 0.25) is 0 Å². The van der Waals surface area contributed by atoms with Gasteiger partial charge in [-0.3, -0.25) is 9.59 Å². The summed E-state index contributed by atoms with van der Waals surface area (Å²) in [6.45, 7) is 6.93. The molecule has 1 aliphatic rings. The highest BCUT2D eigenvalue weighted by Crippen LogP contribution is 2.23. The topological polar surface area (TPSA) is 58.6 Å². The molecule has 2 amide bonds. The van der Waals surface area contributed by atoms with Gasteiger partial charge in [-0.1, -0.05) is 13.3 Å². The van der Waals surface area contributed by atoms with Crippen molar-refractivity contribution in [1.29, 1.82) is 0 Å². The molecule has 1 saturated heterocycles. The van der Waals surface area contributed by atoms with Gasteiger partial charge in [0.1, 0.15) is 11.6 Å². The van der Waals surface area contributed by atoms with Crippen LogP contribution in [0.15, 0.2) is 0 Å². The molecule has 0 aromatic carbocycles. The number of carbonyl (C=O) groups is 2. The Hall–Kier alpha value is -1.10. The molecule has 19 heavy (non-hydrogen) atoms. The van der Waals surface area contributed by atoms with E-state index in [1.54, 1.807) is 25.9 Å². The summed E-state index contributed by atoms with van der Waals surface area (Å²) >= 11 is 0. The van der Waals surface area contributed by atoms with Crippen LogP contribution in [0.25, 0.3) is 0 Å². The first-order valence-electron chi connectivity index (χ1n) is 7.06. The van der Waals surface area contributed by atoms with Gasteiger partial charge in [0, 0.05) is 20.3 Å². The van der Waals surface area contributed by atoms with Crippen molar-refractivity contribution in [2.24, 2.45) is 0 Å². The number of nitrogens with one attached hydrogen (secondary N) is 1. The van der Waals surface area contributed by atoms with E-state index in [0.717, 1.165) is 19.3 Å². The number of carbonyl (C=O) groups excluding carboxylic acids is 2. The van der Waals surface area contributed by atoms with E-state index in [1.165, 1.54) is 0 Å². The summed E-state index contributed by atoms with van der Waals surface area (Å²) in [7, 11) is 1.67. The van der Waals surface area contributed by atoms with Crippen LogP contribution in [0, 0.1) is 0 Å². The van der Waals surface area contributed by atoms with Crippen LogP contribution >= 0.6 is 0 Å². The maximum Gasteiger partial charge on any atom is 0.246 e. The van der Waals surface area contributed by atoms with Crippen molar-refractivity contribution in [3.05, 3.63) is 0 Å². The molecule has 1 fully saturated rings. The molecule has 0 bridgehead atoms. The first kappa shape index (κ1) is 16.0. The van der Waals surface area contributed by atoms with Crippen molar-refractivity contribution in [3.8, 4) is 0 Å². The van der Waals surface area contributed by atoms with Crippen LogP contribution in [-0.4, -0.2) is 48.6 Å². The third-order valence-electron chi connectivity index (χ3n) is 3.66. The molecule has 0 aliphatic carbocycles. The molecule has 5 nitrogen and oxygen atoms in total. The molecule has 1 N–H and O–H groups in total. The monoisotopic (exact) mass is 270 g/mol. The molecule has 110 valence electrons. The van der Waals surface area contributed by atoms with E-state index in [1.807, 2.05) is 6.92 Å². The molecule has 0 aromatic heterocycles. The van der Waals surface area contributed by atoms with E-state index in [0.29, 0.717) is 19.6 Å². The molecule has 0 radical (unpaired) electrons. The molecule has 5 heteroatoms. The van der Waals surface area contributed by atoms with Gasteiger partial charge in [-0.2, -0.15) is 0 Å². The second-order valence-corrected chi connectivity index (χ2v) is 5.56. The van der Waals surface area contributed by atoms with E-state index in [9.17, 15) is 9.59 Å². The largest absolute Gasteiger partial charge is 0.385 e. The normalized spacial score (nSPS) is 22.5. The lowest BCUT2D eigenvalue weighted by molar-refractivity contribution is -0.155. The zero-order valence-corrected chi connectivity index (χ0v) is 12.5. The Morgan fingerprint density at radius 2 is 2.00 bits per heavy atom. The number of rotatable bonds is 7. The predicted molar refractivity (Wildman–Crippen MR) is 73.7 cm³/mol. The van der Waals surface area contributed by atoms with E-state index < -0.39 is 5.54 Å². The smallest absolute Gasteiger partial charge is 0.246 e. The Morgan fingerprint density at radius 1 is 1.32 bits per heavy atom. The van der Waals surface area contributed by atoms with Crippen molar-refractivity contribution >= 4 is 11.8 Å². The van der Waals surface area contributed by atoms with Gasteiger partial charge < -0.3 is 15.0 Å². The van der Waals surface area contributed by atoms with Gasteiger partial charge in [-0.05, 0) is 33.1 Å². The highest BCUT2D eigenvalue weighted by atomic mass is 16.5. The van der Waals surface area contributed by atoms with Gasteiger partial charge in [0.05, 0.1) is 0 Å². The zero-order valence-electron chi connectivity index (χ0n) is 12.5. The SMILES string of the molecule is CCCC1NC(=O)C(C)(C)N(CCCCOC)C1=O. The number of ether oxygens (including phenoxy) is 1. The van der Waals surface area contributed by atoms with Gasteiger partial charge in [-0.15, -0.1) is 0 Å². The predicted octanol–water partition coefficient (Wildman–Crippen LogP) is 1.32. The van der Waals surface area contributed by atoms with Crippen molar-refractivity contribution in [1.82, 2.24) is 10.2 Å². The Kier molecular flexibility index (Phi) is 5.79. The van der Waals surface area contributed by atoms with E-state index in [2.05, 4.69) is 5.32 Å². The second kappa shape index (κ2) is 6.89. The van der Waals surface area contributed by atoms with Crippen LogP contribution in [0.1, 0.15) is 46.5 Å². The Balaban J connectivity index is 2.70. The highest BCUT2D eigenvalue weighted by molar-refractivity contribution is 5.99. The minimum Gasteiger partial charge on any atom is -0.385 e. The minimum atomic E-state index is -0.756. The van der Waals surface area contributed by atoms with Crippen molar-refractivity contribution in [2.45, 2.75) is 58.0 Å². The average Bonchev–Trinajstić information content (AvgIpc) is 2.35.